The fourth-order valence-corrected chi connectivity index (χ4v) is 1.96. The molecule has 0 aromatic heterocycles. The SMILES string of the molecule is CCCCCC(=O)C(C#N)c1ccccc1Cl. The molecule has 0 aliphatic rings. The maximum Gasteiger partial charge on any atom is 0.154 e. The maximum atomic E-state index is 11.9. The van der Waals surface area contributed by atoms with Crippen molar-refractivity contribution in [2.75, 3.05) is 0 Å². The number of Topliss-reactive ketones (excluding diaryl/α,β-unsaturated/α-hetero) is 1. The van der Waals surface area contributed by atoms with Crippen LogP contribution in [0.15, 0.2) is 24.3 Å². The summed E-state index contributed by atoms with van der Waals surface area (Å²) in [6.07, 6.45) is 3.39. The Morgan fingerprint density at radius 1 is 1.41 bits per heavy atom. The second-order valence-electron chi connectivity index (χ2n) is 4.01. The van der Waals surface area contributed by atoms with Gasteiger partial charge in [-0.3, -0.25) is 4.79 Å². The summed E-state index contributed by atoms with van der Waals surface area (Å²) >= 11 is 6.00. The van der Waals surface area contributed by atoms with Gasteiger partial charge in [0.1, 0.15) is 5.92 Å². The van der Waals surface area contributed by atoms with Gasteiger partial charge in [0.25, 0.3) is 0 Å². The number of carbonyl (C=O) groups is 1. The van der Waals surface area contributed by atoms with E-state index in [1.54, 1.807) is 24.3 Å². The van der Waals surface area contributed by atoms with Crippen molar-refractivity contribution >= 4 is 17.4 Å². The molecule has 1 aromatic carbocycles. The summed E-state index contributed by atoms with van der Waals surface area (Å²) in [5, 5.41) is 9.59. The van der Waals surface area contributed by atoms with Gasteiger partial charge < -0.3 is 0 Å². The minimum absolute atomic E-state index is 0.0333. The van der Waals surface area contributed by atoms with Gasteiger partial charge in [0.15, 0.2) is 5.78 Å². The van der Waals surface area contributed by atoms with Crippen LogP contribution in [0, 0.1) is 11.3 Å². The minimum atomic E-state index is -0.722. The minimum Gasteiger partial charge on any atom is -0.298 e. The molecule has 0 aliphatic carbocycles. The number of carbonyl (C=O) groups excluding carboxylic acids is 1. The highest BCUT2D eigenvalue weighted by atomic mass is 35.5. The number of nitriles is 1. The Labute approximate surface area is 107 Å². The Bertz CT molecular complexity index is 422. The van der Waals surface area contributed by atoms with E-state index < -0.39 is 5.92 Å². The molecule has 1 aromatic rings. The summed E-state index contributed by atoms with van der Waals surface area (Å²) < 4.78 is 0. The van der Waals surface area contributed by atoms with Crippen molar-refractivity contribution in [3.05, 3.63) is 34.9 Å². The molecule has 0 N–H and O–H groups in total. The number of nitrogens with zero attached hydrogens (tertiary/aromatic N) is 1. The first kappa shape index (κ1) is 13.7. The summed E-state index contributed by atoms with van der Waals surface area (Å²) in [6, 6.07) is 9.09. The Balaban J connectivity index is 2.76. The zero-order valence-corrected chi connectivity index (χ0v) is 10.7. The lowest BCUT2D eigenvalue weighted by molar-refractivity contribution is -0.119. The summed E-state index contributed by atoms with van der Waals surface area (Å²) in [4.78, 5) is 11.9. The van der Waals surface area contributed by atoms with E-state index in [1.165, 1.54) is 0 Å². The second kappa shape index (κ2) is 7.09. The first-order chi connectivity index (χ1) is 8.20. The number of benzene rings is 1. The molecule has 0 bridgehead atoms. The first-order valence-corrected chi connectivity index (χ1v) is 6.25. The number of unbranched alkanes of at least 4 members (excludes halogenated alkanes) is 2. The number of rotatable bonds is 6. The molecule has 0 aliphatic heterocycles. The molecule has 0 radical (unpaired) electrons. The fraction of sp³-hybridized carbons (Fsp3) is 0.429. The quantitative estimate of drug-likeness (QED) is 0.713. The Hall–Kier alpha value is -1.33. The predicted octanol–water partition coefficient (Wildman–Crippen LogP) is 4.10. The van der Waals surface area contributed by atoms with Crippen molar-refractivity contribution in [1.82, 2.24) is 0 Å². The molecule has 0 saturated carbocycles. The van der Waals surface area contributed by atoms with Crippen LogP contribution < -0.4 is 0 Å². The molecule has 17 heavy (non-hydrogen) atoms. The maximum absolute atomic E-state index is 11.9. The van der Waals surface area contributed by atoms with Crippen molar-refractivity contribution in [2.24, 2.45) is 0 Å². The highest BCUT2D eigenvalue weighted by Crippen LogP contribution is 2.26. The number of halogens is 1. The molecule has 0 heterocycles. The highest BCUT2D eigenvalue weighted by molar-refractivity contribution is 6.31. The lowest BCUT2D eigenvalue weighted by atomic mass is 9.93. The average molecular weight is 250 g/mol. The van der Waals surface area contributed by atoms with Crippen molar-refractivity contribution in [3.63, 3.8) is 0 Å². The van der Waals surface area contributed by atoms with Crippen LogP contribution in [0.1, 0.15) is 44.1 Å². The van der Waals surface area contributed by atoms with Gasteiger partial charge in [0, 0.05) is 11.4 Å². The van der Waals surface area contributed by atoms with E-state index in [0.717, 1.165) is 19.3 Å². The summed E-state index contributed by atoms with van der Waals surface area (Å²) in [5.41, 5.74) is 0.623. The third-order valence-corrected chi connectivity index (χ3v) is 3.04. The average Bonchev–Trinajstić information content (AvgIpc) is 2.33. The van der Waals surface area contributed by atoms with Gasteiger partial charge in [-0.1, -0.05) is 49.6 Å². The number of hydrogen-bond acceptors (Lipinski definition) is 2. The van der Waals surface area contributed by atoms with E-state index in [4.69, 9.17) is 16.9 Å². The summed E-state index contributed by atoms with van der Waals surface area (Å²) in [6.45, 7) is 2.08. The van der Waals surface area contributed by atoms with Gasteiger partial charge in [-0.2, -0.15) is 5.26 Å². The largest absolute Gasteiger partial charge is 0.298 e. The first-order valence-electron chi connectivity index (χ1n) is 5.87. The van der Waals surface area contributed by atoms with Crippen LogP contribution in [0.3, 0.4) is 0 Å². The van der Waals surface area contributed by atoms with Gasteiger partial charge in [0.2, 0.25) is 0 Å². The van der Waals surface area contributed by atoms with E-state index in [-0.39, 0.29) is 5.78 Å². The molecule has 2 nitrogen and oxygen atoms in total. The van der Waals surface area contributed by atoms with Gasteiger partial charge in [0.05, 0.1) is 6.07 Å². The van der Waals surface area contributed by atoms with Gasteiger partial charge in [-0.25, -0.2) is 0 Å². The molecule has 0 fully saturated rings. The molecule has 0 saturated heterocycles. The molecule has 90 valence electrons. The summed E-state index contributed by atoms with van der Waals surface area (Å²) in [5.74, 6) is -0.755. The van der Waals surface area contributed by atoms with Gasteiger partial charge >= 0.3 is 0 Å². The fourth-order valence-electron chi connectivity index (χ4n) is 1.72. The van der Waals surface area contributed by atoms with E-state index in [9.17, 15) is 4.79 Å². The Kier molecular flexibility index (Phi) is 5.72. The van der Waals surface area contributed by atoms with Crippen molar-refractivity contribution in [2.45, 2.75) is 38.5 Å². The van der Waals surface area contributed by atoms with E-state index in [1.807, 2.05) is 0 Å². The standard InChI is InChI=1S/C14H16ClNO/c1-2-3-4-9-14(17)12(10-16)11-7-5-6-8-13(11)15/h5-8,12H,2-4,9H2,1H3. The van der Waals surface area contributed by atoms with Crippen LogP contribution in [-0.4, -0.2) is 5.78 Å². The van der Waals surface area contributed by atoms with Gasteiger partial charge in [-0.05, 0) is 18.1 Å². The van der Waals surface area contributed by atoms with Crippen LogP contribution in [-0.2, 0) is 4.79 Å². The Morgan fingerprint density at radius 3 is 2.71 bits per heavy atom. The van der Waals surface area contributed by atoms with Crippen LogP contribution >= 0.6 is 11.6 Å². The van der Waals surface area contributed by atoms with Crippen molar-refractivity contribution < 1.29 is 4.79 Å². The monoisotopic (exact) mass is 249 g/mol. The zero-order valence-electron chi connectivity index (χ0n) is 9.95. The second-order valence-corrected chi connectivity index (χ2v) is 4.41. The molecule has 1 atom stereocenters. The molecular weight excluding hydrogens is 234 g/mol. The lowest BCUT2D eigenvalue weighted by Crippen LogP contribution is -2.11. The normalized spacial score (nSPS) is 11.8. The molecule has 0 spiro atoms. The number of ketones is 1. The third kappa shape index (κ3) is 3.87. The molecular formula is C14H16ClNO. The highest BCUT2D eigenvalue weighted by Gasteiger charge is 2.21. The smallest absolute Gasteiger partial charge is 0.154 e. The lowest BCUT2D eigenvalue weighted by Gasteiger charge is -2.09. The Morgan fingerprint density at radius 2 is 2.12 bits per heavy atom. The molecule has 1 rings (SSSR count). The molecule has 0 amide bonds. The van der Waals surface area contributed by atoms with E-state index in [2.05, 4.69) is 13.0 Å². The van der Waals surface area contributed by atoms with Crippen LogP contribution in [0.5, 0.6) is 0 Å². The van der Waals surface area contributed by atoms with Crippen molar-refractivity contribution in [3.8, 4) is 6.07 Å². The van der Waals surface area contributed by atoms with Gasteiger partial charge in [-0.15, -0.1) is 0 Å². The van der Waals surface area contributed by atoms with Crippen LogP contribution in [0.2, 0.25) is 5.02 Å². The zero-order chi connectivity index (χ0) is 12.7. The predicted molar refractivity (Wildman–Crippen MR) is 69.0 cm³/mol. The summed E-state index contributed by atoms with van der Waals surface area (Å²) in [7, 11) is 0. The van der Waals surface area contributed by atoms with Crippen molar-refractivity contribution in [1.29, 1.82) is 5.26 Å². The topological polar surface area (TPSA) is 40.9 Å². The molecule has 1 unspecified atom stereocenters. The van der Waals surface area contributed by atoms with E-state index in [0.29, 0.717) is 17.0 Å². The number of hydrogen-bond donors (Lipinski definition) is 0. The van der Waals surface area contributed by atoms with E-state index >= 15 is 0 Å². The van der Waals surface area contributed by atoms with Crippen LogP contribution in [0.4, 0.5) is 0 Å². The third-order valence-electron chi connectivity index (χ3n) is 2.69. The molecule has 3 heteroatoms. The van der Waals surface area contributed by atoms with Crippen LogP contribution in [0.25, 0.3) is 0 Å².